The summed E-state index contributed by atoms with van der Waals surface area (Å²) in [5.41, 5.74) is 0.514. The van der Waals surface area contributed by atoms with Crippen molar-refractivity contribution in [3.63, 3.8) is 0 Å². The van der Waals surface area contributed by atoms with Crippen LogP contribution in [0.1, 0.15) is 19.4 Å². The number of hydrogen-bond acceptors (Lipinski definition) is 4. The maximum atomic E-state index is 12.8. The van der Waals surface area contributed by atoms with Crippen molar-refractivity contribution in [1.29, 1.82) is 0 Å². The molecule has 1 aliphatic rings. The average molecular weight is 314 g/mol. The van der Waals surface area contributed by atoms with Gasteiger partial charge < -0.3 is 9.80 Å². The SMILES string of the molecule is CCC(C(=O)N1CCN(C)CC1)n1cnc2ccccc2c1=O. The van der Waals surface area contributed by atoms with E-state index in [1.165, 1.54) is 10.9 Å². The molecule has 1 unspecified atom stereocenters. The van der Waals surface area contributed by atoms with Crippen LogP contribution in [0.15, 0.2) is 35.4 Å². The van der Waals surface area contributed by atoms with Crippen LogP contribution in [0.25, 0.3) is 10.9 Å². The van der Waals surface area contributed by atoms with Crippen LogP contribution < -0.4 is 5.56 Å². The van der Waals surface area contributed by atoms with Crippen LogP contribution in [-0.2, 0) is 4.79 Å². The number of benzene rings is 1. The second kappa shape index (κ2) is 6.50. The van der Waals surface area contributed by atoms with Gasteiger partial charge in [-0.2, -0.15) is 0 Å². The first-order valence-corrected chi connectivity index (χ1v) is 8.05. The first-order valence-electron chi connectivity index (χ1n) is 8.05. The smallest absolute Gasteiger partial charge is 0.261 e. The molecule has 2 aromatic rings. The number of fused-ring (bicyclic) bond motifs is 1. The first kappa shape index (κ1) is 15.7. The summed E-state index contributed by atoms with van der Waals surface area (Å²) < 4.78 is 1.49. The predicted molar refractivity (Wildman–Crippen MR) is 89.4 cm³/mol. The molecule has 1 aliphatic heterocycles. The van der Waals surface area contributed by atoms with Gasteiger partial charge in [-0.3, -0.25) is 14.2 Å². The molecule has 0 saturated carbocycles. The Kier molecular flexibility index (Phi) is 4.43. The van der Waals surface area contributed by atoms with Gasteiger partial charge in [0.2, 0.25) is 5.91 Å². The van der Waals surface area contributed by atoms with Gasteiger partial charge in [-0.15, -0.1) is 0 Å². The minimum absolute atomic E-state index is 0.0137. The van der Waals surface area contributed by atoms with Gasteiger partial charge in [0.1, 0.15) is 6.04 Å². The van der Waals surface area contributed by atoms with Gasteiger partial charge >= 0.3 is 0 Å². The third-order valence-corrected chi connectivity index (χ3v) is 4.51. The van der Waals surface area contributed by atoms with Crippen molar-refractivity contribution >= 4 is 16.8 Å². The van der Waals surface area contributed by atoms with E-state index in [-0.39, 0.29) is 11.5 Å². The Balaban J connectivity index is 1.93. The van der Waals surface area contributed by atoms with Crippen LogP contribution in [-0.4, -0.2) is 58.5 Å². The zero-order chi connectivity index (χ0) is 16.4. The van der Waals surface area contributed by atoms with E-state index in [0.29, 0.717) is 30.4 Å². The van der Waals surface area contributed by atoms with Crippen molar-refractivity contribution in [2.75, 3.05) is 33.2 Å². The van der Waals surface area contributed by atoms with Crippen LogP contribution in [0.4, 0.5) is 0 Å². The molecule has 3 rings (SSSR count). The van der Waals surface area contributed by atoms with E-state index in [9.17, 15) is 9.59 Å². The van der Waals surface area contributed by atoms with Crippen molar-refractivity contribution in [3.05, 3.63) is 40.9 Å². The maximum absolute atomic E-state index is 12.8. The Labute approximate surface area is 135 Å². The second-order valence-electron chi connectivity index (χ2n) is 6.03. The van der Waals surface area contributed by atoms with E-state index in [1.54, 1.807) is 6.07 Å². The predicted octanol–water partition coefficient (Wildman–Crippen LogP) is 1.12. The first-order chi connectivity index (χ1) is 11.1. The average Bonchev–Trinajstić information content (AvgIpc) is 2.58. The summed E-state index contributed by atoms with van der Waals surface area (Å²) in [6, 6.07) is 6.76. The van der Waals surface area contributed by atoms with E-state index < -0.39 is 6.04 Å². The van der Waals surface area contributed by atoms with Gasteiger partial charge in [-0.05, 0) is 25.6 Å². The van der Waals surface area contributed by atoms with Gasteiger partial charge in [-0.25, -0.2) is 4.98 Å². The molecule has 1 fully saturated rings. The summed E-state index contributed by atoms with van der Waals surface area (Å²) >= 11 is 0. The largest absolute Gasteiger partial charge is 0.338 e. The monoisotopic (exact) mass is 314 g/mol. The molecular formula is C17H22N4O2. The Morgan fingerprint density at radius 2 is 1.91 bits per heavy atom. The highest BCUT2D eigenvalue weighted by molar-refractivity contribution is 5.82. The summed E-state index contributed by atoms with van der Waals surface area (Å²) in [5, 5.41) is 0.555. The van der Waals surface area contributed by atoms with Crippen LogP contribution >= 0.6 is 0 Å². The normalized spacial score (nSPS) is 17.4. The van der Waals surface area contributed by atoms with Crippen molar-refractivity contribution in [1.82, 2.24) is 19.4 Å². The van der Waals surface area contributed by atoms with Crippen LogP contribution in [0.5, 0.6) is 0 Å². The van der Waals surface area contributed by atoms with Gasteiger partial charge in [0, 0.05) is 26.2 Å². The lowest BCUT2D eigenvalue weighted by Gasteiger charge is -2.34. The lowest BCUT2D eigenvalue weighted by atomic mass is 10.1. The standard InChI is InChI=1S/C17H22N4O2/c1-3-15(17(23)20-10-8-19(2)9-11-20)21-12-18-14-7-5-4-6-13(14)16(21)22/h4-7,12,15H,3,8-11H2,1-2H3. The van der Waals surface area contributed by atoms with Crippen LogP contribution in [0.2, 0.25) is 0 Å². The fraction of sp³-hybridized carbons (Fsp3) is 0.471. The number of piperazine rings is 1. The molecule has 1 amide bonds. The molecule has 0 bridgehead atoms. The summed E-state index contributed by atoms with van der Waals surface area (Å²) in [4.78, 5) is 34.0. The Hall–Kier alpha value is -2.21. The Morgan fingerprint density at radius 1 is 1.22 bits per heavy atom. The third-order valence-electron chi connectivity index (χ3n) is 4.51. The fourth-order valence-electron chi connectivity index (χ4n) is 3.03. The van der Waals surface area contributed by atoms with E-state index in [1.807, 2.05) is 30.0 Å². The number of nitrogens with zero attached hydrogens (tertiary/aromatic N) is 4. The molecule has 0 spiro atoms. The third kappa shape index (κ3) is 2.99. The van der Waals surface area contributed by atoms with Crippen molar-refractivity contribution in [2.24, 2.45) is 0 Å². The van der Waals surface area contributed by atoms with Crippen LogP contribution in [0.3, 0.4) is 0 Å². The molecule has 0 aliphatic carbocycles. The molecule has 23 heavy (non-hydrogen) atoms. The molecule has 1 saturated heterocycles. The molecule has 1 aromatic heterocycles. The summed E-state index contributed by atoms with van der Waals surface area (Å²) in [6.45, 7) is 5.09. The molecule has 2 heterocycles. The number of aromatic nitrogens is 2. The Bertz CT molecular complexity index is 763. The molecule has 1 atom stereocenters. The quantitative estimate of drug-likeness (QED) is 0.852. The molecular weight excluding hydrogens is 292 g/mol. The molecule has 6 heteroatoms. The summed E-state index contributed by atoms with van der Waals surface area (Å²) in [6.07, 6.45) is 2.08. The van der Waals surface area contributed by atoms with E-state index in [0.717, 1.165) is 13.1 Å². The summed E-state index contributed by atoms with van der Waals surface area (Å²) in [7, 11) is 2.05. The lowest BCUT2D eigenvalue weighted by molar-refractivity contribution is -0.136. The van der Waals surface area contributed by atoms with Crippen molar-refractivity contribution in [3.8, 4) is 0 Å². The van der Waals surface area contributed by atoms with Crippen molar-refractivity contribution in [2.45, 2.75) is 19.4 Å². The van der Waals surface area contributed by atoms with Gasteiger partial charge in [-0.1, -0.05) is 19.1 Å². The molecule has 1 aromatic carbocycles. The number of rotatable bonds is 3. The van der Waals surface area contributed by atoms with E-state index in [2.05, 4.69) is 16.9 Å². The molecule has 122 valence electrons. The lowest BCUT2D eigenvalue weighted by Crippen LogP contribution is -2.50. The number of carbonyl (C=O) groups excluding carboxylic acids is 1. The van der Waals surface area contributed by atoms with E-state index in [4.69, 9.17) is 0 Å². The second-order valence-corrected chi connectivity index (χ2v) is 6.03. The minimum Gasteiger partial charge on any atom is -0.338 e. The minimum atomic E-state index is -0.483. The highest BCUT2D eigenvalue weighted by Crippen LogP contribution is 2.16. The fourth-order valence-corrected chi connectivity index (χ4v) is 3.03. The molecule has 6 nitrogen and oxygen atoms in total. The maximum Gasteiger partial charge on any atom is 0.261 e. The Morgan fingerprint density at radius 3 is 2.61 bits per heavy atom. The number of hydrogen-bond donors (Lipinski definition) is 0. The van der Waals surface area contributed by atoms with Crippen LogP contribution in [0, 0.1) is 0 Å². The van der Waals surface area contributed by atoms with E-state index >= 15 is 0 Å². The van der Waals surface area contributed by atoms with Gasteiger partial charge in [0.05, 0.1) is 17.2 Å². The highest BCUT2D eigenvalue weighted by atomic mass is 16.2. The van der Waals surface area contributed by atoms with Gasteiger partial charge in [0.25, 0.3) is 5.56 Å². The molecule has 0 radical (unpaired) electrons. The number of para-hydroxylation sites is 1. The number of amides is 1. The number of carbonyl (C=O) groups is 1. The van der Waals surface area contributed by atoms with Crippen molar-refractivity contribution < 1.29 is 4.79 Å². The summed E-state index contributed by atoms with van der Waals surface area (Å²) in [5.74, 6) is 0.0137. The zero-order valence-electron chi connectivity index (χ0n) is 13.6. The zero-order valence-corrected chi connectivity index (χ0v) is 13.6. The molecule has 0 N–H and O–H groups in total. The highest BCUT2D eigenvalue weighted by Gasteiger charge is 2.27. The topological polar surface area (TPSA) is 58.4 Å². The van der Waals surface area contributed by atoms with Gasteiger partial charge in [0.15, 0.2) is 0 Å². The number of likely N-dealkylation sites (N-methyl/N-ethyl adjacent to an activating group) is 1.